The molecule has 0 aromatic heterocycles. The van der Waals surface area contributed by atoms with Crippen molar-refractivity contribution in [2.75, 3.05) is 26.8 Å². The molecule has 17 heavy (non-hydrogen) atoms. The van der Waals surface area contributed by atoms with Gasteiger partial charge < -0.3 is 9.64 Å². The zero-order valence-corrected chi connectivity index (χ0v) is 11.2. The first-order valence-corrected chi connectivity index (χ1v) is 6.06. The normalized spacial score (nSPS) is 18.2. The number of carbonyl (C=O) groups is 1. The van der Waals surface area contributed by atoms with Gasteiger partial charge in [-0.1, -0.05) is 0 Å². The van der Waals surface area contributed by atoms with E-state index < -0.39 is 5.60 Å². The lowest BCUT2D eigenvalue weighted by Crippen LogP contribution is -2.42. The molecule has 1 heterocycles. The van der Waals surface area contributed by atoms with Crippen molar-refractivity contribution < 1.29 is 19.3 Å². The lowest BCUT2D eigenvalue weighted by molar-refractivity contribution is -0.281. The number of rotatable bonds is 3. The summed E-state index contributed by atoms with van der Waals surface area (Å²) in [5.74, 6) is 0.466. The smallest absolute Gasteiger partial charge is 0.410 e. The van der Waals surface area contributed by atoms with Crippen LogP contribution in [0, 0.1) is 5.92 Å². The monoisotopic (exact) mass is 245 g/mol. The third kappa shape index (κ3) is 5.37. The fourth-order valence-corrected chi connectivity index (χ4v) is 1.77. The van der Waals surface area contributed by atoms with Gasteiger partial charge in [0.1, 0.15) is 5.60 Å². The van der Waals surface area contributed by atoms with Crippen molar-refractivity contribution in [1.82, 2.24) is 4.90 Å². The summed E-state index contributed by atoms with van der Waals surface area (Å²) < 4.78 is 5.32. The van der Waals surface area contributed by atoms with Gasteiger partial charge in [-0.2, -0.15) is 0 Å². The molecule has 0 unspecified atom stereocenters. The molecular formula is C12H23NO4. The molecule has 0 aliphatic carbocycles. The summed E-state index contributed by atoms with van der Waals surface area (Å²) in [6, 6.07) is 0. The van der Waals surface area contributed by atoms with Gasteiger partial charge in [0.2, 0.25) is 0 Å². The molecular weight excluding hydrogens is 222 g/mol. The average molecular weight is 245 g/mol. The van der Waals surface area contributed by atoms with Crippen LogP contribution in [0.15, 0.2) is 0 Å². The largest absolute Gasteiger partial charge is 0.444 e. The lowest BCUT2D eigenvalue weighted by atomic mass is 9.98. The molecule has 0 bridgehead atoms. The quantitative estimate of drug-likeness (QED) is 0.565. The summed E-state index contributed by atoms with van der Waals surface area (Å²) in [6.07, 6.45) is 1.65. The number of piperidine rings is 1. The highest BCUT2D eigenvalue weighted by molar-refractivity contribution is 5.68. The van der Waals surface area contributed by atoms with Crippen molar-refractivity contribution in [3.8, 4) is 0 Å². The van der Waals surface area contributed by atoms with Crippen LogP contribution in [0.2, 0.25) is 0 Å². The highest BCUT2D eigenvalue weighted by Crippen LogP contribution is 2.19. The van der Waals surface area contributed by atoms with Crippen LogP contribution in [0.25, 0.3) is 0 Å². The Kier molecular flexibility index (Phi) is 5.21. The predicted molar refractivity (Wildman–Crippen MR) is 63.5 cm³/mol. The Morgan fingerprint density at radius 2 is 1.88 bits per heavy atom. The Balaban J connectivity index is 2.29. The van der Waals surface area contributed by atoms with Crippen molar-refractivity contribution in [2.24, 2.45) is 5.92 Å². The van der Waals surface area contributed by atoms with Gasteiger partial charge in [0.25, 0.3) is 0 Å². The Morgan fingerprint density at radius 1 is 1.29 bits per heavy atom. The lowest BCUT2D eigenvalue weighted by Gasteiger charge is -2.33. The second kappa shape index (κ2) is 6.21. The molecule has 1 rings (SSSR count). The van der Waals surface area contributed by atoms with Gasteiger partial charge in [0.15, 0.2) is 0 Å². The summed E-state index contributed by atoms with van der Waals surface area (Å²) >= 11 is 0. The van der Waals surface area contributed by atoms with E-state index in [-0.39, 0.29) is 6.09 Å². The number of carbonyl (C=O) groups excluding carboxylic acids is 1. The first kappa shape index (κ1) is 14.3. The van der Waals surface area contributed by atoms with E-state index in [9.17, 15) is 4.79 Å². The van der Waals surface area contributed by atoms with E-state index >= 15 is 0 Å². The van der Waals surface area contributed by atoms with Crippen LogP contribution in [0.5, 0.6) is 0 Å². The van der Waals surface area contributed by atoms with Crippen LogP contribution >= 0.6 is 0 Å². The molecule has 0 radical (unpaired) electrons. The fourth-order valence-electron chi connectivity index (χ4n) is 1.77. The van der Waals surface area contributed by atoms with E-state index in [1.807, 2.05) is 20.8 Å². The number of hydrogen-bond donors (Lipinski definition) is 0. The number of amides is 1. The molecule has 0 aromatic carbocycles. The molecule has 0 N–H and O–H groups in total. The van der Waals surface area contributed by atoms with Gasteiger partial charge in [-0.15, -0.1) is 0 Å². The molecule has 0 spiro atoms. The summed E-state index contributed by atoms with van der Waals surface area (Å²) in [7, 11) is 1.51. The average Bonchev–Trinajstić information content (AvgIpc) is 2.24. The Bertz CT molecular complexity index is 241. The summed E-state index contributed by atoms with van der Waals surface area (Å²) in [6.45, 7) is 7.69. The predicted octanol–water partition coefficient (Wildman–Crippen LogP) is 2.21. The molecule has 5 heteroatoms. The Hall–Kier alpha value is -0.810. The van der Waals surface area contributed by atoms with Crippen molar-refractivity contribution in [3.05, 3.63) is 0 Å². The first-order chi connectivity index (χ1) is 7.92. The Morgan fingerprint density at radius 3 is 2.35 bits per heavy atom. The number of nitrogens with zero attached hydrogens (tertiary/aromatic N) is 1. The first-order valence-electron chi connectivity index (χ1n) is 6.06. The standard InChI is InChI=1S/C12H23NO4/c1-12(2,3)17-11(14)13-7-5-10(6-8-13)9-16-15-4/h10H,5-9H2,1-4H3. The van der Waals surface area contributed by atoms with Crippen molar-refractivity contribution in [2.45, 2.75) is 39.2 Å². The SMILES string of the molecule is COOCC1CCN(C(=O)OC(C)(C)C)CC1. The zero-order chi connectivity index (χ0) is 12.9. The molecule has 1 fully saturated rings. The van der Waals surface area contributed by atoms with Gasteiger partial charge in [-0.25, -0.2) is 14.6 Å². The van der Waals surface area contributed by atoms with E-state index in [4.69, 9.17) is 9.62 Å². The second-order valence-corrected chi connectivity index (χ2v) is 5.36. The van der Waals surface area contributed by atoms with Crippen molar-refractivity contribution in [3.63, 3.8) is 0 Å². The van der Waals surface area contributed by atoms with Gasteiger partial charge in [0, 0.05) is 13.1 Å². The minimum Gasteiger partial charge on any atom is -0.444 e. The summed E-state index contributed by atoms with van der Waals surface area (Å²) in [5.41, 5.74) is -0.424. The molecule has 0 atom stereocenters. The van der Waals surface area contributed by atoms with Crippen molar-refractivity contribution >= 4 is 6.09 Å². The highest BCUT2D eigenvalue weighted by Gasteiger charge is 2.26. The maximum absolute atomic E-state index is 11.8. The number of likely N-dealkylation sites (tertiary alicyclic amines) is 1. The van der Waals surface area contributed by atoms with Crippen molar-refractivity contribution in [1.29, 1.82) is 0 Å². The van der Waals surface area contributed by atoms with E-state index in [0.29, 0.717) is 12.5 Å². The second-order valence-electron chi connectivity index (χ2n) is 5.36. The van der Waals surface area contributed by atoms with Crippen LogP contribution in [0.4, 0.5) is 4.79 Å². The molecule has 1 saturated heterocycles. The zero-order valence-electron chi connectivity index (χ0n) is 11.2. The van der Waals surface area contributed by atoms with Crippen LogP contribution < -0.4 is 0 Å². The van der Waals surface area contributed by atoms with Gasteiger partial charge >= 0.3 is 6.09 Å². The summed E-state index contributed by atoms with van der Waals surface area (Å²) in [5, 5.41) is 0. The van der Waals surface area contributed by atoms with E-state index in [2.05, 4.69) is 4.89 Å². The van der Waals surface area contributed by atoms with E-state index in [1.54, 1.807) is 4.90 Å². The van der Waals surface area contributed by atoms with Crippen LogP contribution in [0.3, 0.4) is 0 Å². The number of hydrogen-bond acceptors (Lipinski definition) is 4. The van der Waals surface area contributed by atoms with Gasteiger partial charge in [-0.3, -0.25) is 0 Å². The minimum atomic E-state index is -0.424. The maximum Gasteiger partial charge on any atom is 0.410 e. The van der Waals surface area contributed by atoms with E-state index in [0.717, 1.165) is 25.9 Å². The van der Waals surface area contributed by atoms with Gasteiger partial charge in [0.05, 0.1) is 13.7 Å². The number of ether oxygens (including phenoxy) is 1. The van der Waals surface area contributed by atoms with Crippen LogP contribution in [-0.2, 0) is 14.5 Å². The minimum absolute atomic E-state index is 0.219. The molecule has 0 aromatic rings. The molecule has 100 valence electrons. The molecule has 5 nitrogen and oxygen atoms in total. The van der Waals surface area contributed by atoms with Gasteiger partial charge in [-0.05, 0) is 39.5 Å². The van der Waals surface area contributed by atoms with Crippen LogP contribution in [0.1, 0.15) is 33.6 Å². The molecule has 1 amide bonds. The molecule has 0 saturated carbocycles. The van der Waals surface area contributed by atoms with E-state index in [1.165, 1.54) is 7.11 Å². The van der Waals surface area contributed by atoms with Crippen LogP contribution in [-0.4, -0.2) is 43.4 Å². The topological polar surface area (TPSA) is 48.0 Å². The maximum atomic E-state index is 11.8. The highest BCUT2D eigenvalue weighted by atomic mass is 17.2. The third-order valence-electron chi connectivity index (χ3n) is 2.69. The third-order valence-corrected chi connectivity index (χ3v) is 2.69. The fraction of sp³-hybridized carbons (Fsp3) is 0.917. The summed E-state index contributed by atoms with van der Waals surface area (Å²) in [4.78, 5) is 23.0. The Labute approximate surface area is 103 Å². The molecule has 1 aliphatic heterocycles. The molecule has 1 aliphatic rings.